The van der Waals surface area contributed by atoms with Crippen molar-refractivity contribution in [3.8, 4) is 0 Å². The van der Waals surface area contributed by atoms with Gasteiger partial charge in [-0.15, -0.1) is 11.3 Å². The van der Waals surface area contributed by atoms with Crippen LogP contribution in [0, 0.1) is 0 Å². The molecule has 6 heteroatoms. The van der Waals surface area contributed by atoms with Crippen LogP contribution in [0.3, 0.4) is 0 Å². The first-order chi connectivity index (χ1) is 8.83. The third kappa shape index (κ3) is 3.99. The molecule has 0 spiro atoms. The number of nitrogens with zero attached hydrogens (tertiary/aromatic N) is 2. The van der Waals surface area contributed by atoms with Gasteiger partial charge in [0.2, 0.25) is 0 Å². The van der Waals surface area contributed by atoms with Crippen LogP contribution in [0.15, 0.2) is 0 Å². The average Bonchev–Trinajstić information content (AvgIpc) is 2.78. The first kappa shape index (κ1) is 16.1. The summed E-state index contributed by atoms with van der Waals surface area (Å²) < 4.78 is 0. The SMILES string of the molecule is CCN(CC)Cc1nc(C(C)(C)C)c(C(=O)NN)s1. The molecule has 0 unspecified atom stereocenters. The van der Waals surface area contributed by atoms with E-state index in [4.69, 9.17) is 5.84 Å². The fourth-order valence-corrected chi connectivity index (χ4v) is 3.02. The fraction of sp³-hybridized carbons (Fsp3) is 0.692. The molecule has 1 aromatic heterocycles. The van der Waals surface area contributed by atoms with E-state index in [2.05, 4.69) is 49.9 Å². The van der Waals surface area contributed by atoms with E-state index in [1.165, 1.54) is 11.3 Å². The maximum Gasteiger partial charge on any atom is 0.277 e. The highest BCUT2D eigenvalue weighted by molar-refractivity contribution is 7.13. The summed E-state index contributed by atoms with van der Waals surface area (Å²) in [7, 11) is 0. The van der Waals surface area contributed by atoms with E-state index in [9.17, 15) is 4.79 Å². The van der Waals surface area contributed by atoms with Gasteiger partial charge in [0.05, 0.1) is 12.2 Å². The summed E-state index contributed by atoms with van der Waals surface area (Å²) in [5, 5.41) is 0.965. The van der Waals surface area contributed by atoms with Crippen LogP contribution >= 0.6 is 11.3 Å². The maximum absolute atomic E-state index is 11.8. The van der Waals surface area contributed by atoms with Crippen molar-refractivity contribution >= 4 is 17.2 Å². The number of nitrogens with two attached hydrogens (primary N) is 1. The van der Waals surface area contributed by atoms with E-state index in [1.807, 2.05) is 0 Å². The Bertz CT molecular complexity index is 432. The molecular weight excluding hydrogens is 260 g/mol. The molecule has 3 N–H and O–H groups in total. The number of nitrogens with one attached hydrogen (secondary N) is 1. The zero-order valence-corrected chi connectivity index (χ0v) is 13.2. The van der Waals surface area contributed by atoms with Crippen molar-refractivity contribution < 1.29 is 4.79 Å². The first-order valence-electron chi connectivity index (χ1n) is 6.56. The molecule has 108 valence electrons. The largest absolute Gasteiger partial charge is 0.297 e. The van der Waals surface area contributed by atoms with Crippen molar-refractivity contribution in [2.45, 2.75) is 46.6 Å². The minimum Gasteiger partial charge on any atom is -0.297 e. The third-order valence-corrected chi connectivity index (χ3v) is 4.01. The normalized spacial score (nSPS) is 11.9. The van der Waals surface area contributed by atoms with Gasteiger partial charge in [-0.1, -0.05) is 34.6 Å². The zero-order valence-electron chi connectivity index (χ0n) is 12.4. The highest BCUT2D eigenvalue weighted by atomic mass is 32.1. The monoisotopic (exact) mass is 284 g/mol. The summed E-state index contributed by atoms with van der Waals surface area (Å²) in [5.41, 5.74) is 2.86. The maximum atomic E-state index is 11.8. The molecule has 0 fully saturated rings. The quantitative estimate of drug-likeness (QED) is 0.492. The predicted molar refractivity (Wildman–Crippen MR) is 79.1 cm³/mol. The lowest BCUT2D eigenvalue weighted by Crippen LogP contribution is -2.31. The molecule has 0 atom stereocenters. The molecule has 0 aromatic carbocycles. The molecule has 0 aliphatic heterocycles. The van der Waals surface area contributed by atoms with E-state index in [-0.39, 0.29) is 11.3 Å². The van der Waals surface area contributed by atoms with Gasteiger partial charge in [-0.05, 0) is 13.1 Å². The second-order valence-electron chi connectivity index (χ2n) is 5.47. The minimum atomic E-state index is -0.256. The van der Waals surface area contributed by atoms with Crippen LogP contribution in [-0.2, 0) is 12.0 Å². The predicted octanol–water partition coefficient (Wildman–Crippen LogP) is 1.89. The number of carbonyl (C=O) groups is 1. The van der Waals surface area contributed by atoms with Crippen molar-refractivity contribution in [2.24, 2.45) is 5.84 Å². The second-order valence-corrected chi connectivity index (χ2v) is 6.55. The Morgan fingerprint density at radius 2 is 1.95 bits per heavy atom. The van der Waals surface area contributed by atoms with Crippen LogP contribution in [0.25, 0.3) is 0 Å². The highest BCUT2D eigenvalue weighted by Gasteiger charge is 2.27. The molecule has 0 saturated carbocycles. The molecule has 0 radical (unpaired) electrons. The van der Waals surface area contributed by atoms with Crippen molar-refractivity contribution in [1.82, 2.24) is 15.3 Å². The molecular formula is C13H24N4OS. The molecule has 0 bridgehead atoms. The molecule has 1 rings (SSSR count). The highest BCUT2D eigenvalue weighted by Crippen LogP contribution is 2.30. The molecule has 0 aliphatic carbocycles. The number of hydrogen-bond donors (Lipinski definition) is 2. The van der Waals surface area contributed by atoms with E-state index < -0.39 is 0 Å². The van der Waals surface area contributed by atoms with Crippen LogP contribution in [0.1, 0.15) is 55.0 Å². The van der Waals surface area contributed by atoms with Gasteiger partial charge in [-0.2, -0.15) is 0 Å². The van der Waals surface area contributed by atoms with E-state index in [0.29, 0.717) is 4.88 Å². The van der Waals surface area contributed by atoms with Crippen LogP contribution in [0.2, 0.25) is 0 Å². The number of hydrogen-bond acceptors (Lipinski definition) is 5. The van der Waals surface area contributed by atoms with Gasteiger partial charge in [-0.3, -0.25) is 15.1 Å². The lowest BCUT2D eigenvalue weighted by atomic mass is 9.91. The Balaban J connectivity index is 3.10. The summed E-state index contributed by atoms with van der Waals surface area (Å²) in [6, 6.07) is 0. The van der Waals surface area contributed by atoms with E-state index in [1.54, 1.807) is 0 Å². The van der Waals surface area contributed by atoms with E-state index in [0.717, 1.165) is 30.3 Å². The molecule has 0 saturated heterocycles. The second kappa shape index (κ2) is 6.45. The van der Waals surface area contributed by atoms with Crippen molar-refractivity contribution in [1.29, 1.82) is 0 Å². The number of nitrogen functional groups attached to an aromatic ring is 1. The Morgan fingerprint density at radius 3 is 2.37 bits per heavy atom. The van der Waals surface area contributed by atoms with Crippen LogP contribution in [-0.4, -0.2) is 28.9 Å². The minimum absolute atomic E-state index is 0.167. The Kier molecular flexibility index (Phi) is 5.46. The number of amides is 1. The number of aromatic nitrogens is 1. The van der Waals surface area contributed by atoms with Gasteiger partial charge in [0.1, 0.15) is 9.88 Å². The number of hydrazine groups is 1. The summed E-state index contributed by atoms with van der Waals surface area (Å²) in [5.74, 6) is 4.99. The zero-order chi connectivity index (χ0) is 14.6. The molecule has 5 nitrogen and oxygen atoms in total. The lowest BCUT2D eigenvalue weighted by molar-refractivity contribution is 0.0955. The van der Waals surface area contributed by atoms with E-state index >= 15 is 0 Å². The topological polar surface area (TPSA) is 71.2 Å². The van der Waals surface area contributed by atoms with Gasteiger partial charge < -0.3 is 0 Å². The van der Waals surface area contributed by atoms with Gasteiger partial charge in [0, 0.05) is 5.41 Å². The third-order valence-electron chi connectivity index (χ3n) is 2.97. The Labute approximate surface area is 119 Å². The molecule has 1 aromatic rings. The number of rotatable bonds is 5. The summed E-state index contributed by atoms with van der Waals surface area (Å²) >= 11 is 1.43. The van der Waals surface area contributed by atoms with Gasteiger partial charge in [-0.25, -0.2) is 10.8 Å². The van der Waals surface area contributed by atoms with Crippen LogP contribution < -0.4 is 11.3 Å². The Morgan fingerprint density at radius 1 is 1.37 bits per heavy atom. The number of carbonyl (C=O) groups excluding carboxylic acids is 1. The van der Waals surface area contributed by atoms with Gasteiger partial charge in [0.15, 0.2) is 0 Å². The molecule has 1 heterocycles. The van der Waals surface area contributed by atoms with Crippen molar-refractivity contribution in [3.05, 3.63) is 15.6 Å². The van der Waals surface area contributed by atoms with Gasteiger partial charge in [0.25, 0.3) is 5.91 Å². The summed E-state index contributed by atoms with van der Waals surface area (Å²) in [6.45, 7) is 13.1. The Hall–Kier alpha value is -0.980. The van der Waals surface area contributed by atoms with Gasteiger partial charge >= 0.3 is 0 Å². The summed E-state index contributed by atoms with van der Waals surface area (Å²) in [6.07, 6.45) is 0. The lowest BCUT2D eigenvalue weighted by Gasteiger charge is -2.17. The molecule has 1 amide bonds. The smallest absolute Gasteiger partial charge is 0.277 e. The molecule has 0 aliphatic rings. The first-order valence-corrected chi connectivity index (χ1v) is 7.38. The average molecular weight is 284 g/mol. The number of thiazole rings is 1. The standard InChI is InChI=1S/C13H24N4OS/c1-6-17(7-2)8-9-15-11(13(3,4)5)10(19-9)12(18)16-14/h6-8,14H2,1-5H3,(H,16,18). The van der Waals surface area contributed by atoms with Crippen molar-refractivity contribution in [2.75, 3.05) is 13.1 Å². The molecule has 19 heavy (non-hydrogen) atoms. The fourth-order valence-electron chi connectivity index (χ4n) is 1.80. The van der Waals surface area contributed by atoms with Crippen LogP contribution in [0.5, 0.6) is 0 Å². The van der Waals surface area contributed by atoms with Crippen molar-refractivity contribution in [3.63, 3.8) is 0 Å². The summed E-state index contributed by atoms with van der Waals surface area (Å²) in [4.78, 5) is 19.4. The van der Waals surface area contributed by atoms with Crippen LogP contribution in [0.4, 0.5) is 0 Å².